The molecule has 0 unspecified atom stereocenters. The first-order valence-electron chi connectivity index (χ1n) is 6.35. The van der Waals surface area contributed by atoms with Gasteiger partial charge in [0.25, 0.3) is 11.8 Å². The summed E-state index contributed by atoms with van der Waals surface area (Å²) >= 11 is 0. The molecule has 124 valence electrons. The second-order valence-corrected chi connectivity index (χ2v) is 5.05. The molecule has 2 aliphatic rings. The molecule has 23 heavy (non-hydrogen) atoms. The number of nitrogens with zero attached hydrogens (tertiary/aromatic N) is 3. The molecule has 0 bridgehead atoms. The summed E-state index contributed by atoms with van der Waals surface area (Å²) in [5, 5.41) is 3.49. The van der Waals surface area contributed by atoms with E-state index in [9.17, 15) is 26.7 Å². The number of rotatable bonds is 2. The molecule has 1 aromatic heterocycles. The summed E-state index contributed by atoms with van der Waals surface area (Å²) in [6.07, 6.45) is -3.76. The van der Waals surface area contributed by atoms with Crippen LogP contribution in [0, 0.1) is 0 Å². The van der Waals surface area contributed by atoms with Crippen LogP contribution in [0.5, 0.6) is 0 Å². The molecule has 1 saturated heterocycles. The highest BCUT2D eigenvalue weighted by Crippen LogP contribution is 2.40. The summed E-state index contributed by atoms with van der Waals surface area (Å²) in [7, 11) is 0. The number of alkyl halides is 5. The summed E-state index contributed by atoms with van der Waals surface area (Å²) < 4.78 is 70.2. The van der Waals surface area contributed by atoms with Crippen molar-refractivity contribution in [3.8, 4) is 0 Å². The largest absolute Gasteiger partial charge is 0.466 e. The highest BCUT2D eigenvalue weighted by Gasteiger charge is 2.47. The minimum absolute atomic E-state index is 0.117. The maximum Gasteiger partial charge on any atom is 0.419 e. The number of carbonyl (C=O) groups excluding carboxylic acids is 1. The molecule has 1 fully saturated rings. The van der Waals surface area contributed by atoms with Gasteiger partial charge in [-0.1, -0.05) is 0 Å². The van der Waals surface area contributed by atoms with Gasteiger partial charge in [-0.25, -0.2) is 19.2 Å². The van der Waals surface area contributed by atoms with Crippen LogP contribution in [-0.4, -0.2) is 42.4 Å². The maximum absolute atomic E-state index is 13.2. The van der Waals surface area contributed by atoms with E-state index < -0.39 is 42.5 Å². The van der Waals surface area contributed by atoms with Gasteiger partial charge in [0.2, 0.25) is 5.90 Å². The van der Waals surface area contributed by atoms with Crippen LogP contribution in [0.3, 0.4) is 0 Å². The van der Waals surface area contributed by atoms with Crippen molar-refractivity contribution < 1.29 is 31.5 Å². The van der Waals surface area contributed by atoms with Gasteiger partial charge in [-0.15, -0.1) is 5.10 Å². The fourth-order valence-electron chi connectivity index (χ4n) is 2.16. The van der Waals surface area contributed by atoms with E-state index >= 15 is 0 Å². The van der Waals surface area contributed by atoms with Crippen LogP contribution in [0.15, 0.2) is 17.4 Å². The first-order valence-corrected chi connectivity index (χ1v) is 6.35. The minimum atomic E-state index is -4.79. The number of anilines is 1. The average molecular weight is 336 g/mol. The van der Waals surface area contributed by atoms with Crippen LogP contribution in [0.1, 0.15) is 11.1 Å². The Balaban J connectivity index is 1.95. The van der Waals surface area contributed by atoms with E-state index in [4.69, 9.17) is 4.74 Å². The quantitative estimate of drug-likeness (QED) is 0.829. The molecule has 0 spiro atoms. The van der Waals surface area contributed by atoms with E-state index in [1.807, 2.05) is 0 Å². The van der Waals surface area contributed by atoms with Crippen molar-refractivity contribution in [3.05, 3.63) is 23.4 Å². The molecule has 6 nitrogen and oxygen atoms in total. The van der Waals surface area contributed by atoms with E-state index in [-0.39, 0.29) is 18.1 Å². The lowest BCUT2D eigenvalue weighted by molar-refractivity contribution is -0.138. The highest BCUT2D eigenvalue weighted by atomic mass is 19.4. The van der Waals surface area contributed by atoms with Gasteiger partial charge in [0.1, 0.15) is 5.82 Å². The lowest BCUT2D eigenvalue weighted by atomic mass is 10.1. The van der Waals surface area contributed by atoms with Gasteiger partial charge in [-0.05, 0) is 6.07 Å². The second-order valence-electron chi connectivity index (χ2n) is 5.05. The number of aromatic nitrogens is 1. The summed E-state index contributed by atoms with van der Waals surface area (Å²) in [6, 6.07) is 0.703. The number of hydrogen-bond donors (Lipinski definition) is 1. The van der Waals surface area contributed by atoms with Gasteiger partial charge >= 0.3 is 6.18 Å². The number of pyridine rings is 1. The molecule has 1 amide bonds. The topological polar surface area (TPSA) is 66.8 Å². The fourth-order valence-corrected chi connectivity index (χ4v) is 2.16. The molecule has 2 aliphatic heterocycles. The van der Waals surface area contributed by atoms with E-state index in [1.54, 1.807) is 0 Å². The average Bonchev–Trinajstić information content (AvgIpc) is 2.44. The second kappa shape index (κ2) is 5.03. The van der Waals surface area contributed by atoms with Crippen molar-refractivity contribution in [1.82, 2.24) is 10.4 Å². The summed E-state index contributed by atoms with van der Waals surface area (Å²) in [5.41, 5.74) is 0.775. The normalized spacial score (nSPS) is 20.3. The standard InChI is InChI=1S/C12H9F5N4O2/c13-11(14)4-21(5-11)9-7(12(15,16)17)1-6(2-18-9)10-20-19-8(22)3-23-10/h1-2H,3-5H2,(H,19,22). The van der Waals surface area contributed by atoms with Crippen LogP contribution >= 0.6 is 0 Å². The molecule has 3 rings (SSSR count). The molecule has 1 aromatic rings. The number of ether oxygens (including phenoxy) is 1. The number of carbonyl (C=O) groups is 1. The molecule has 3 heterocycles. The first kappa shape index (κ1) is 15.4. The van der Waals surface area contributed by atoms with Crippen LogP contribution in [0.2, 0.25) is 0 Å². The van der Waals surface area contributed by atoms with Crippen molar-refractivity contribution >= 4 is 17.6 Å². The Kier molecular flexibility index (Phi) is 3.38. The summed E-state index contributed by atoms with van der Waals surface area (Å²) in [5.74, 6) is -4.38. The van der Waals surface area contributed by atoms with Gasteiger partial charge in [-0.2, -0.15) is 13.2 Å². The predicted octanol–water partition coefficient (Wildman–Crippen LogP) is 1.36. The molecular formula is C12H9F5N4O2. The van der Waals surface area contributed by atoms with Crippen LogP contribution in [0.25, 0.3) is 0 Å². The zero-order valence-corrected chi connectivity index (χ0v) is 11.3. The SMILES string of the molecule is O=C1COC(c2cnc(N3CC(F)(F)C3)c(C(F)(F)F)c2)=NN1. The van der Waals surface area contributed by atoms with Gasteiger partial charge in [-0.3, -0.25) is 4.79 Å². The van der Waals surface area contributed by atoms with Crippen LogP contribution < -0.4 is 10.3 Å². The minimum Gasteiger partial charge on any atom is -0.466 e. The Hall–Kier alpha value is -2.46. The fraction of sp³-hybridized carbons (Fsp3) is 0.417. The smallest absolute Gasteiger partial charge is 0.419 e. The molecular weight excluding hydrogens is 327 g/mol. The van der Waals surface area contributed by atoms with E-state index in [2.05, 4.69) is 15.5 Å². The molecule has 11 heteroatoms. The Morgan fingerprint density at radius 2 is 2.00 bits per heavy atom. The summed E-state index contributed by atoms with van der Waals surface area (Å²) in [6.45, 7) is -2.04. The zero-order chi connectivity index (χ0) is 16.8. The predicted molar refractivity (Wildman–Crippen MR) is 67.0 cm³/mol. The van der Waals surface area contributed by atoms with Gasteiger partial charge < -0.3 is 9.64 Å². The first-order chi connectivity index (χ1) is 10.7. The third-order valence-corrected chi connectivity index (χ3v) is 3.19. The molecule has 0 saturated carbocycles. The van der Waals surface area contributed by atoms with Gasteiger partial charge in [0.15, 0.2) is 6.61 Å². The molecule has 0 aromatic carbocycles. The number of amides is 1. The summed E-state index contributed by atoms with van der Waals surface area (Å²) in [4.78, 5) is 15.4. The number of nitrogens with one attached hydrogen (secondary N) is 1. The van der Waals surface area contributed by atoms with Crippen molar-refractivity contribution in [2.24, 2.45) is 5.10 Å². The lowest BCUT2D eigenvalue weighted by Gasteiger charge is -2.40. The third kappa shape index (κ3) is 3.03. The maximum atomic E-state index is 13.2. The van der Waals surface area contributed by atoms with E-state index in [0.717, 1.165) is 11.1 Å². The van der Waals surface area contributed by atoms with Gasteiger partial charge in [0, 0.05) is 6.20 Å². The molecule has 0 atom stereocenters. The number of halogens is 5. The monoisotopic (exact) mass is 336 g/mol. The van der Waals surface area contributed by atoms with Crippen LogP contribution in [-0.2, 0) is 15.7 Å². The molecule has 1 N–H and O–H groups in total. The Labute approximate surface area is 125 Å². The van der Waals surface area contributed by atoms with Crippen molar-refractivity contribution in [2.45, 2.75) is 12.1 Å². The van der Waals surface area contributed by atoms with Gasteiger partial charge in [0.05, 0.1) is 24.2 Å². The number of hydrazone groups is 1. The number of hydrogen-bond acceptors (Lipinski definition) is 5. The third-order valence-electron chi connectivity index (χ3n) is 3.19. The Morgan fingerprint density at radius 3 is 2.52 bits per heavy atom. The Morgan fingerprint density at radius 1 is 1.30 bits per heavy atom. The molecule has 0 aliphatic carbocycles. The highest BCUT2D eigenvalue weighted by molar-refractivity contribution is 5.98. The molecule has 0 radical (unpaired) electrons. The van der Waals surface area contributed by atoms with Crippen LogP contribution in [0.4, 0.5) is 27.8 Å². The van der Waals surface area contributed by atoms with E-state index in [1.165, 1.54) is 0 Å². The zero-order valence-electron chi connectivity index (χ0n) is 11.3. The van der Waals surface area contributed by atoms with Crippen molar-refractivity contribution in [3.63, 3.8) is 0 Å². The lowest BCUT2D eigenvalue weighted by Crippen LogP contribution is -2.57. The van der Waals surface area contributed by atoms with E-state index in [0.29, 0.717) is 6.07 Å². The van der Waals surface area contributed by atoms with Crippen molar-refractivity contribution in [2.75, 3.05) is 24.6 Å². The van der Waals surface area contributed by atoms with Crippen molar-refractivity contribution in [1.29, 1.82) is 0 Å². The Bertz CT molecular complexity index is 681.